The predicted octanol–water partition coefficient (Wildman–Crippen LogP) is 2.87. The fraction of sp³-hybridized carbons (Fsp3) is 0.733. The summed E-state index contributed by atoms with van der Waals surface area (Å²) in [4.78, 5) is 24.1. The standard InChI is InChI=1S/C15H24O4/c1-10(2)12(14(16)18-3)13(15(17)19-4)11-8-6-5-7-9-11/h10-11H,5-9H2,1-4H3. The first-order valence-corrected chi connectivity index (χ1v) is 6.93. The molecule has 0 aromatic rings. The fourth-order valence-electron chi connectivity index (χ4n) is 2.76. The molecule has 0 spiro atoms. The van der Waals surface area contributed by atoms with Crippen molar-refractivity contribution in [2.24, 2.45) is 11.8 Å². The zero-order valence-corrected chi connectivity index (χ0v) is 12.3. The highest BCUT2D eigenvalue weighted by atomic mass is 16.5. The van der Waals surface area contributed by atoms with E-state index in [0.29, 0.717) is 11.1 Å². The number of hydrogen-bond donors (Lipinski definition) is 0. The zero-order valence-electron chi connectivity index (χ0n) is 12.3. The number of esters is 2. The summed E-state index contributed by atoms with van der Waals surface area (Å²) in [5.41, 5.74) is 1.00. The van der Waals surface area contributed by atoms with Gasteiger partial charge in [0.05, 0.1) is 25.4 Å². The third-order valence-corrected chi connectivity index (χ3v) is 3.69. The highest BCUT2D eigenvalue weighted by molar-refractivity contribution is 6.01. The summed E-state index contributed by atoms with van der Waals surface area (Å²) in [6.45, 7) is 3.80. The monoisotopic (exact) mass is 268 g/mol. The van der Waals surface area contributed by atoms with Crippen LogP contribution in [-0.2, 0) is 19.1 Å². The number of methoxy groups -OCH3 is 2. The van der Waals surface area contributed by atoms with Crippen molar-refractivity contribution in [2.75, 3.05) is 14.2 Å². The molecular formula is C15H24O4. The molecule has 4 nitrogen and oxygen atoms in total. The minimum absolute atomic E-state index is 0.0523. The lowest BCUT2D eigenvalue weighted by molar-refractivity contribution is -0.140. The third kappa shape index (κ3) is 3.82. The number of hydrogen-bond acceptors (Lipinski definition) is 4. The molecule has 1 fully saturated rings. The number of carbonyl (C=O) groups is 2. The van der Waals surface area contributed by atoms with E-state index in [1.54, 1.807) is 0 Å². The van der Waals surface area contributed by atoms with Crippen molar-refractivity contribution in [2.45, 2.75) is 46.0 Å². The summed E-state index contributed by atoms with van der Waals surface area (Å²) >= 11 is 0. The maximum Gasteiger partial charge on any atom is 0.334 e. The maximum absolute atomic E-state index is 12.1. The molecule has 0 aromatic carbocycles. The van der Waals surface area contributed by atoms with Crippen LogP contribution >= 0.6 is 0 Å². The van der Waals surface area contributed by atoms with Crippen molar-refractivity contribution in [1.82, 2.24) is 0 Å². The van der Waals surface area contributed by atoms with Gasteiger partial charge in [0, 0.05) is 0 Å². The smallest absolute Gasteiger partial charge is 0.334 e. The summed E-state index contributed by atoms with van der Waals surface area (Å²) < 4.78 is 9.72. The first-order chi connectivity index (χ1) is 9.02. The van der Waals surface area contributed by atoms with Gasteiger partial charge in [-0.2, -0.15) is 0 Å². The summed E-state index contributed by atoms with van der Waals surface area (Å²) in [5, 5.41) is 0. The molecular weight excluding hydrogens is 244 g/mol. The lowest BCUT2D eigenvalue weighted by Gasteiger charge is -2.26. The Hall–Kier alpha value is -1.32. The van der Waals surface area contributed by atoms with Gasteiger partial charge in [0.1, 0.15) is 0 Å². The van der Waals surface area contributed by atoms with Gasteiger partial charge in [0.15, 0.2) is 0 Å². The van der Waals surface area contributed by atoms with E-state index in [4.69, 9.17) is 9.47 Å². The average Bonchev–Trinajstić information content (AvgIpc) is 2.43. The summed E-state index contributed by atoms with van der Waals surface area (Å²) in [6, 6.07) is 0. The second-order valence-electron chi connectivity index (χ2n) is 5.30. The van der Waals surface area contributed by atoms with Crippen molar-refractivity contribution < 1.29 is 19.1 Å². The summed E-state index contributed by atoms with van der Waals surface area (Å²) in [6.07, 6.45) is 5.27. The summed E-state index contributed by atoms with van der Waals surface area (Å²) in [5.74, 6) is -0.733. The Morgan fingerprint density at radius 3 is 1.89 bits per heavy atom. The van der Waals surface area contributed by atoms with Crippen molar-refractivity contribution in [3.63, 3.8) is 0 Å². The SMILES string of the molecule is COC(=O)C(=C(C(=O)OC)C1CCCCC1)C(C)C. The van der Waals surface area contributed by atoms with Gasteiger partial charge in [0.2, 0.25) is 0 Å². The Kier molecular flexibility index (Phi) is 6.06. The van der Waals surface area contributed by atoms with E-state index in [9.17, 15) is 9.59 Å². The van der Waals surface area contributed by atoms with Gasteiger partial charge in [0.25, 0.3) is 0 Å². The quantitative estimate of drug-likeness (QED) is 0.581. The first-order valence-electron chi connectivity index (χ1n) is 6.93. The van der Waals surface area contributed by atoms with E-state index in [-0.39, 0.29) is 17.8 Å². The lowest BCUT2D eigenvalue weighted by Crippen LogP contribution is -2.25. The molecule has 0 amide bonds. The van der Waals surface area contributed by atoms with Crippen molar-refractivity contribution in [1.29, 1.82) is 0 Å². The molecule has 4 heteroatoms. The second kappa shape index (κ2) is 7.31. The zero-order chi connectivity index (χ0) is 14.4. The minimum atomic E-state index is -0.416. The van der Waals surface area contributed by atoms with Gasteiger partial charge in [-0.15, -0.1) is 0 Å². The Morgan fingerprint density at radius 1 is 0.947 bits per heavy atom. The molecule has 1 saturated carbocycles. The van der Waals surface area contributed by atoms with Crippen LogP contribution in [0, 0.1) is 11.8 Å². The predicted molar refractivity (Wildman–Crippen MR) is 72.5 cm³/mol. The van der Waals surface area contributed by atoms with Gasteiger partial charge in [-0.1, -0.05) is 33.1 Å². The Labute approximate surface area is 115 Å². The van der Waals surface area contributed by atoms with Crippen LogP contribution in [0.4, 0.5) is 0 Å². The van der Waals surface area contributed by atoms with Crippen LogP contribution in [0.25, 0.3) is 0 Å². The number of carbonyl (C=O) groups excluding carboxylic acids is 2. The van der Waals surface area contributed by atoms with E-state index >= 15 is 0 Å². The molecule has 0 atom stereocenters. The molecule has 0 N–H and O–H groups in total. The Bertz CT molecular complexity index is 362. The number of rotatable bonds is 4. The fourth-order valence-corrected chi connectivity index (χ4v) is 2.76. The molecule has 1 rings (SSSR count). The third-order valence-electron chi connectivity index (χ3n) is 3.69. The van der Waals surface area contributed by atoms with E-state index < -0.39 is 5.97 Å². The summed E-state index contributed by atoms with van der Waals surface area (Å²) in [7, 11) is 2.71. The van der Waals surface area contributed by atoms with Crippen molar-refractivity contribution in [3.8, 4) is 0 Å². The molecule has 0 heterocycles. The normalized spacial score (nSPS) is 17.9. The van der Waals surface area contributed by atoms with Crippen LogP contribution in [0.5, 0.6) is 0 Å². The lowest BCUT2D eigenvalue weighted by atomic mass is 9.79. The van der Waals surface area contributed by atoms with Crippen LogP contribution in [0.3, 0.4) is 0 Å². The first kappa shape index (κ1) is 15.7. The highest BCUT2D eigenvalue weighted by Gasteiger charge is 2.31. The van der Waals surface area contributed by atoms with Gasteiger partial charge in [-0.3, -0.25) is 0 Å². The van der Waals surface area contributed by atoms with E-state index in [1.165, 1.54) is 20.6 Å². The average molecular weight is 268 g/mol. The Morgan fingerprint density at radius 2 is 1.47 bits per heavy atom. The molecule has 19 heavy (non-hydrogen) atoms. The largest absolute Gasteiger partial charge is 0.466 e. The van der Waals surface area contributed by atoms with Crippen molar-refractivity contribution in [3.05, 3.63) is 11.1 Å². The van der Waals surface area contributed by atoms with Gasteiger partial charge < -0.3 is 9.47 Å². The van der Waals surface area contributed by atoms with Gasteiger partial charge in [-0.05, 0) is 24.7 Å². The second-order valence-corrected chi connectivity index (χ2v) is 5.30. The topological polar surface area (TPSA) is 52.6 Å². The van der Waals surface area contributed by atoms with Crippen LogP contribution in [0.2, 0.25) is 0 Å². The van der Waals surface area contributed by atoms with E-state index in [2.05, 4.69) is 0 Å². The highest BCUT2D eigenvalue weighted by Crippen LogP contribution is 2.34. The molecule has 0 aliphatic heterocycles. The van der Waals surface area contributed by atoms with Gasteiger partial charge in [-0.25, -0.2) is 9.59 Å². The number of ether oxygens (including phenoxy) is 2. The molecule has 0 bridgehead atoms. The van der Waals surface area contributed by atoms with E-state index in [0.717, 1.165) is 25.7 Å². The molecule has 1 aliphatic rings. The van der Waals surface area contributed by atoms with Crippen LogP contribution in [0.15, 0.2) is 11.1 Å². The van der Waals surface area contributed by atoms with Crippen LogP contribution in [0.1, 0.15) is 46.0 Å². The molecule has 0 radical (unpaired) electrons. The van der Waals surface area contributed by atoms with Crippen LogP contribution in [-0.4, -0.2) is 26.2 Å². The Balaban J connectivity index is 3.23. The molecule has 1 aliphatic carbocycles. The molecule has 108 valence electrons. The molecule has 0 unspecified atom stereocenters. The maximum atomic E-state index is 12.1. The van der Waals surface area contributed by atoms with E-state index in [1.807, 2.05) is 13.8 Å². The van der Waals surface area contributed by atoms with Gasteiger partial charge >= 0.3 is 11.9 Å². The molecule has 0 saturated heterocycles. The van der Waals surface area contributed by atoms with Crippen LogP contribution < -0.4 is 0 Å². The van der Waals surface area contributed by atoms with Crippen molar-refractivity contribution >= 4 is 11.9 Å². The molecule has 0 aromatic heterocycles. The minimum Gasteiger partial charge on any atom is -0.466 e.